The predicted octanol–water partition coefficient (Wildman–Crippen LogP) is 2.80. The van der Waals surface area contributed by atoms with Gasteiger partial charge < -0.3 is 14.6 Å². The van der Waals surface area contributed by atoms with Gasteiger partial charge in [-0.05, 0) is 43.9 Å². The Hall–Kier alpha value is -1.71. The summed E-state index contributed by atoms with van der Waals surface area (Å²) in [5.74, 6) is -0.215. The first-order chi connectivity index (χ1) is 13.9. The Morgan fingerprint density at radius 3 is 2.86 bits per heavy atom. The van der Waals surface area contributed by atoms with Crippen LogP contribution < -0.4 is 0 Å². The van der Waals surface area contributed by atoms with Crippen LogP contribution >= 0.6 is 0 Å². The molecule has 4 rings (SSSR count). The summed E-state index contributed by atoms with van der Waals surface area (Å²) in [6.07, 6.45) is 8.61. The highest BCUT2D eigenvalue weighted by molar-refractivity contribution is 5.86. The second-order valence-corrected chi connectivity index (χ2v) is 9.65. The lowest BCUT2D eigenvalue weighted by molar-refractivity contribution is -0.167. The third kappa shape index (κ3) is 2.74. The fraction of sp³-hybridized carbons (Fsp3) is 0.783. The summed E-state index contributed by atoms with van der Waals surface area (Å²) in [6.45, 7) is 3.81. The molecule has 4 aliphatic carbocycles. The summed E-state index contributed by atoms with van der Waals surface area (Å²) < 4.78 is 11.6. The number of rotatable bonds is 6. The van der Waals surface area contributed by atoms with Crippen LogP contribution in [0.2, 0.25) is 0 Å². The minimum absolute atomic E-state index is 0.0401. The van der Waals surface area contributed by atoms with E-state index in [2.05, 4.69) is 18.2 Å². The van der Waals surface area contributed by atoms with Crippen molar-refractivity contribution >= 4 is 11.8 Å². The number of nitriles is 1. The van der Waals surface area contributed by atoms with Crippen LogP contribution in [0.4, 0.5) is 0 Å². The van der Waals surface area contributed by atoms with E-state index in [0.717, 1.165) is 25.7 Å². The largest absolute Gasteiger partial charge is 0.466 e. The van der Waals surface area contributed by atoms with Crippen molar-refractivity contribution in [2.45, 2.75) is 58.5 Å². The van der Waals surface area contributed by atoms with E-state index in [4.69, 9.17) is 9.47 Å². The summed E-state index contributed by atoms with van der Waals surface area (Å²) in [7, 11) is 0. The number of nitrogens with zero attached hydrogens (tertiary/aromatic N) is 1. The van der Waals surface area contributed by atoms with Crippen LogP contribution in [0.3, 0.4) is 0 Å². The van der Waals surface area contributed by atoms with Gasteiger partial charge in [0.1, 0.15) is 5.78 Å². The maximum atomic E-state index is 13.6. The van der Waals surface area contributed by atoms with E-state index in [1.165, 1.54) is 6.92 Å². The second kappa shape index (κ2) is 7.21. The van der Waals surface area contributed by atoms with Gasteiger partial charge in [0.15, 0.2) is 0 Å². The summed E-state index contributed by atoms with van der Waals surface area (Å²) in [4.78, 5) is 25.0. The number of ketones is 1. The topological polar surface area (TPSA) is 96.6 Å². The average Bonchev–Trinajstić information content (AvgIpc) is 2.78. The SMILES string of the molecule is CC(=O)OCC[C@@]12CC(=O)[C@H]3[C@]4(CCC[C@@]3(C)C#N)C(OCCO)[C@@H]1C=CC[C@H]24. The first-order valence-electron chi connectivity index (χ1n) is 10.8. The van der Waals surface area contributed by atoms with Crippen molar-refractivity contribution in [3.63, 3.8) is 0 Å². The summed E-state index contributed by atoms with van der Waals surface area (Å²) in [6, 6.07) is 2.50. The van der Waals surface area contributed by atoms with E-state index >= 15 is 0 Å². The number of ether oxygens (including phenoxy) is 2. The third-order valence-electron chi connectivity index (χ3n) is 8.40. The molecule has 7 atom stereocenters. The van der Waals surface area contributed by atoms with Crippen LogP contribution in [0.1, 0.15) is 52.4 Å². The standard InChI is InChI=1S/C23H31NO5/c1-15(26)28-11-9-22-13-17(27)19-21(2,14-24)7-4-8-23(19)18(22)6-3-5-16(22)20(23)29-12-10-25/h3,5,16,18-20,25H,4,6-13H2,1-2H3/t16-,18+,19+,20?,21-,22+,23+/m0/s1. The quantitative estimate of drug-likeness (QED) is 0.543. The lowest BCUT2D eigenvalue weighted by Crippen LogP contribution is -2.59. The average molecular weight is 402 g/mol. The third-order valence-corrected chi connectivity index (χ3v) is 8.40. The van der Waals surface area contributed by atoms with Crippen molar-refractivity contribution in [2.24, 2.45) is 34.0 Å². The van der Waals surface area contributed by atoms with E-state index < -0.39 is 10.8 Å². The molecule has 6 nitrogen and oxygen atoms in total. The molecular formula is C23H31NO5. The van der Waals surface area contributed by atoms with Gasteiger partial charge in [-0.1, -0.05) is 18.6 Å². The van der Waals surface area contributed by atoms with Gasteiger partial charge in [-0.25, -0.2) is 0 Å². The molecule has 0 aromatic rings. The number of esters is 1. The number of Topliss-reactive ketones (excluding diaryl/α,β-unsaturated/α-hetero) is 1. The molecular weight excluding hydrogens is 370 g/mol. The van der Waals surface area contributed by atoms with Crippen molar-refractivity contribution in [2.75, 3.05) is 19.8 Å². The molecule has 4 bridgehead atoms. The summed E-state index contributed by atoms with van der Waals surface area (Å²) in [5, 5.41) is 19.5. The molecule has 3 fully saturated rings. The van der Waals surface area contributed by atoms with Gasteiger partial charge in [-0.2, -0.15) is 5.26 Å². The van der Waals surface area contributed by atoms with Gasteiger partial charge in [-0.3, -0.25) is 9.59 Å². The summed E-state index contributed by atoms with van der Waals surface area (Å²) in [5.41, 5.74) is -1.38. The van der Waals surface area contributed by atoms with Crippen LogP contribution in [-0.4, -0.2) is 42.8 Å². The second-order valence-electron chi connectivity index (χ2n) is 9.65. The Morgan fingerprint density at radius 2 is 2.17 bits per heavy atom. The van der Waals surface area contributed by atoms with Crippen LogP contribution in [0.5, 0.6) is 0 Å². The molecule has 0 aliphatic heterocycles. The van der Waals surface area contributed by atoms with Gasteiger partial charge >= 0.3 is 5.97 Å². The minimum Gasteiger partial charge on any atom is -0.466 e. The molecule has 1 unspecified atom stereocenters. The van der Waals surface area contributed by atoms with Crippen LogP contribution in [0.25, 0.3) is 0 Å². The van der Waals surface area contributed by atoms with E-state index in [9.17, 15) is 20.0 Å². The van der Waals surface area contributed by atoms with Gasteiger partial charge in [0.05, 0.1) is 37.4 Å². The highest BCUT2D eigenvalue weighted by Gasteiger charge is 2.76. The van der Waals surface area contributed by atoms with Crippen molar-refractivity contribution in [1.29, 1.82) is 5.26 Å². The Labute approximate surface area is 172 Å². The molecule has 0 saturated heterocycles. The number of aliphatic hydroxyl groups is 1. The maximum Gasteiger partial charge on any atom is 0.302 e. The van der Waals surface area contributed by atoms with Crippen LogP contribution in [0.15, 0.2) is 12.2 Å². The molecule has 0 amide bonds. The molecule has 0 radical (unpaired) electrons. The number of aliphatic hydroxyl groups excluding tert-OH is 1. The highest BCUT2D eigenvalue weighted by Crippen LogP contribution is 2.76. The summed E-state index contributed by atoms with van der Waals surface area (Å²) >= 11 is 0. The Kier molecular flexibility index (Phi) is 5.11. The molecule has 29 heavy (non-hydrogen) atoms. The van der Waals surface area contributed by atoms with E-state index in [-0.39, 0.29) is 54.2 Å². The Morgan fingerprint density at radius 1 is 1.38 bits per heavy atom. The monoisotopic (exact) mass is 401 g/mol. The predicted molar refractivity (Wildman–Crippen MR) is 104 cm³/mol. The van der Waals surface area contributed by atoms with Crippen molar-refractivity contribution in [3.05, 3.63) is 12.2 Å². The Balaban J connectivity index is 1.82. The van der Waals surface area contributed by atoms with Gasteiger partial charge in [0.25, 0.3) is 0 Å². The molecule has 0 aromatic heterocycles. The molecule has 158 valence electrons. The normalized spacial score (nSPS) is 44.8. The van der Waals surface area contributed by atoms with Crippen molar-refractivity contribution in [3.8, 4) is 6.07 Å². The molecule has 1 spiro atoms. The van der Waals surface area contributed by atoms with Gasteiger partial charge in [0.2, 0.25) is 0 Å². The number of hydrogen-bond donors (Lipinski definition) is 1. The Bertz CT molecular complexity index is 772. The minimum atomic E-state index is -0.685. The zero-order valence-corrected chi connectivity index (χ0v) is 17.4. The number of allylic oxidation sites excluding steroid dienone is 1. The lowest BCUT2D eigenvalue weighted by Gasteiger charge is -2.58. The van der Waals surface area contributed by atoms with E-state index in [1.807, 2.05) is 6.92 Å². The first-order valence-corrected chi connectivity index (χ1v) is 10.8. The molecule has 0 heterocycles. The number of carbonyl (C=O) groups excluding carboxylic acids is 2. The number of hydrogen-bond acceptors (Lipinski definition) is 6. The smallest absolute Gasteiger partial charge is 0.302 e. The lowest BCUT2D eigenvalue weighted by atomic mass is 9.44. The maximum absolute atomic E-state index is 13.6. The van der Waals surface area contributed by atoms with Crippen LogP contribution in [-0.2, 0) is 19.1 Å². The van der Waals surface area contributed by atoms with Gasteiger partial charge in [0, 0.05) is 30.6 Å². The van der Waals surface area contributed by atoms with E-state index in [0.29, 0.717) is 19.4 Å². The zero-order valence-electron chi connectivity index (χ0n) is 17.4. The van der Waals surface area contributed by atoms with Crippen molar-refractivity contribution < 1.29 is 24.2 Å². The zero-order chi connectivity index (χ0) is 20.9. The fourth-order valence-electron chi connectivity index (χ4n) is 7.73. The fourth-order valence-corrected chi connectivity index (χ4v) is 7.73. The van der Waals surface area contributed by atoms with Crippen LogP contribution in [0, 0.1) is 45.3 Å². The van der Waals surface area contributed by atoms with E-state index in [1.54, 1.807) is 0 Å². The molecule has 4 aliphatic rings. The molecule has 1 N–H and O–H groups in total. The molecule has 6 heteroatoms. The molecule has 3 saturated carbocycles. The highest BCUT2D eigenvalue weighted by atomic mass is 16.5. The van der Waals surface area contributed by atoms with Gasteiger partial charge in [-0.15, -0.1) is 0 Å². The number of carbonyl (C=O) groups is 2. The molecule has 0 aromatic carbocycles. The first kappa shape index (κ1) is 20.6. The van der Waals surface area contributed by atoms with Crippen molar-refractivity contribution in [1.82, 2.24) is 0 Å².